The number of amides is 3. The van der Waals surface area contributed by atoms with Crippen LogP contribution < -0.4 is 19.9 Å². The van der Waals surface area contributed by atoms with E-state index in [1.54, 1.807) is 17.0 Å². The molecule has 0 bridgehead atoms. The van der Waals surface area contributed by atoms with Gasteiger partial charge in [-0.3, -0.25) is 9.59 Å². The molecule has 1 unspecified atom stereocenters. The highest BCUT2D eigenvalue weighted by molar-refractivity contribution is 6.42. The van der Waals surface area contributed by atoms with Gasteiger partial charge in [0.05, 0.1) is 36.8 Å². The van der Waals surface area contributed by atoms with Crippen LogP contribution in [0.5, 0.6) is 17.2 Å². The van der Waals surface area contributed by atoms with Gasteiger partial charge in [-0.15, -0.1) is 12.4 Å². The molecule has 1 atom stereocenters. The molecule has 3 aliphatic heterocycles. The Bertz CT molecular complexity index is 1760. The molecule has 3 N–H and O–H groups in total. The van der Waals surface area contributed by atoms with E-state index in [0.717, 1.165) is 56.7 Å². The summed E-state index contributed by atoms with van der Waals surface area (Å²) in [4.78, 5) is 45.0. The van der Waals surface area contributed by atoms with Crippen molar-refractivity contribution in [3.8, 4) is 17.2 Å². The molecule has 6 rings (SSSR count). The number of nitrogens with two attached hydrogens (primary N) is 1. The zero-order chi connectivity index (χ0) is 39.0. The lowest BCUT2D eigenvalue weighted by molar-refractivity contribution is -0.146. The summed E-state index contributed by atoms with van der Waals surface area (Å²) in [5, 5.41) is 11.2. The summed E-state index contributed by atoms with van der Waals surface area (Å²) < 4.78 is 16.4. The van der Waals surface area contributed by atoms with Crippen LogP contribution in [0, 0.1) is 0 Å². The molecule has 12 nitrogen and oxygen atoms in total. The van der Waals surface area contributed by atoms with E-state index in [-0.39, 0.29) is 29.8 Å². The number of carboxylic acid groups (broad SMARTS) is 1. The first kappa shape index (κ1) is 43.8. The minimum atomic E-state index is -0.879. The van der Waals surface area contributed by atoms with Crippen LogP contribution in [-0.4, -0.2) is 130 Å². The summed E-state index contributed by atoms with van der Waals surface area (Å²) in [6.45, 7) is 6.57. The van der Waals surface area contributed by atoms with Crippen molar-refractivity contribution in [2.75, 3.05) is 87.3 Å². The van der Waals surface area contributed by atoms with E-state index in [1.807, 2.05) is 60.5 Å². The summed E-state index contributed by atoms with van der Waals surface area (Å²) in [6.07, 6.45) is 2.60. The second-order valence-corrected chi connectivity index (χ2v) is 15.1. The van der Waals surface area contributed by atoms with Crippen LogP contribution in [0.25, 0.3) is 0 Å². The first-order chi connectivity index (χ1) is 25.9. The number of piperidine rings is 1. The number of piperazine rings is 1. The smallest absolute Gasteiger partial charge is 0.314 e. The fraction of sp³-hybridized carbons (Fsp3) is 0.475. The molecule has 0 aliphatic carbocycles. The van der Waals surface area contributed by atoms with E-state index in [0.29, 0.717) is 71.9 Å². The van der Waals surface area contributed by atoms with Crippen LogP contribution in [-0.2, 0) is 15.6 Å². The van der Waals surface area contributed by atoms with Crippen molar-refractivity contribution in [3.63, 3.8) is 0 Å². The predicted molar refractivity (Wildman–Crippen MR) is 217 cm³/mol. The molecule has 3 heterocycles. The van der Waals surface area contributed by atoms with E-state index in [2.05, 4.69) is 9.80 Å². The summed E-state index contributed by atoms with van der Waals surface area (Å²) >= 11 is 12.8. The molecule has 0 radical (unpaired) electrons. The Balaban J connectivity index is 0.000000532. The fourth-order valence-electron chi connectivity index (χ4n) is 7.78. The van der Waals surface area contributed by atoms with Crippen LogP contribution in [0.3, 0.4) is 0 Å². The van der Waals surface area contributed by atoms with Gasteiger partial charge in [0.25, 0.3) is 5.91 Å². The van der Waals surface area contributed by atoms with Crippen molar-refractivity contribution < 1.29 is 33.7 Å². The Hall–Kier alpha value is -3.94. The molecular weight excluding hydrogens is 769 g/mol. The number of likely N-dealkylation sites (N-methyl/N-ethyl adjacent to an activating group) is 1. The maximum atomic E-state index is 13.9. The molecule has 0 aromatic heterocycles. The average molecular weight is 821 g/mol. The lowest BCUT2D eigenvalue weighted by Crippen LogP contribution is -2.49. The number of rotatable bonds is 10. The Labute approximate surface area is 339 Å². The number of carboxylic acids is 1. The first-order valence-corrected chi connectivity index (χ1v) is 18.9. The van der Waals surface area contributed by atoms with Gasteiger partial charge in [0.2, 0.25) is 5.75 Å². The molecule has 3 saturated heterocycles. The number of hydrogen-bond acceptors (Lipinski definition) is 8. The number of methoxy groups -OCH3 is 3. The fourth-order valence-corrected chi connectivity index (χ4v) is 8.08. The second kappa shape index (κ2) is 19.3. The van der Waals surface area contributed by atoms with E-state index in [1.165, 1.54) is 21.3 Å². The monoisotopic (exact) mass is 819 g/mol. The van der Waals surface area contributed by atoms with Crippen LogP contribution in [0.15, 0.2) is 60.7 Å². The highest BCUT2D eigenvalue weighted by Crippen LogP contribution is 2.43. The van der Waals surface area contributed by atoms with Gasteiger partial charge in [-0.2, -0.15) is 0 Å². The average Bonchev–Trinajstić information content (AvgIpc) is 3.63. The van der Waals surface area contributed by atoms with E-state index >= 15 is 0 Å². The Kier molecular flexibility index (Phi) is 15.3. The van der Waals surface area contributed by atoms with Gasteiger partial charge in [-0.25, -0.2) is 4.79 Å². The molecule has 3 aromatic rings. The lowest BCUT2D eigenvalue weighted by atomic mass is 9.72. The number of halogens is 3. The van der Waals surface area contributed by atoms with Gasteiger partial charge in [-0.05, 0) is 87.8 Å². The van der Waals surface area contributed by atoms with Gasteiger partial charge in [0, 0.05) is 50.2 Å². The molecular formula is C40H52Cl3N5O7. The number of carbonyl (C=O) groups is 3. The normalized spacial score (nSPS) is 19.7. The standard InChI is InChI=1S/C34H38Cl2N2O6.C6H13N3O.ClH/c1-42-28-19-23(20-29(43-2)30(28)44-3)31(39)38-18-12-33(22-38,25-9-10-26(35)27(36)21-25)11-15-37-16-13-34(14-17-37,32(40)41)24-7-5-4-6-8-24;1-8-2-4-9(5-3-8)6(7)10;/h4-10,19-21H,11-18,22H2,1-3H3,(H,40,41);2-5H2,1H3,(H2,7,10);1H. The Morgan fingerprint density at radius 2 is 1.38 bits per heavy atom. The largest absolute Gasteiger partial charge is 0.493 e. The summed E-state index contributed by atoms with van der Waals surface area (Å²) in [6, 6.07) is 18.3. The Morgan fingerprint density at radius 1 is 0.764 bits per heavy atom. The minimum Gasteiger partial charge on any atom is -0.493 e. The van der Waals surface area contributed by atoms with Crippen LogP contribution in [0.2, 0.25) is 10.0 Å². The number of hydrogen-bond donors (Lipinski definition) is 2. The molecule has 0 saturated carbocycles. The van der Waals surface area contributed by atoms with Crippen molar-refractivity contribution in [2.45, 2.75) is 36.5 Å². The van der Waals surface area contributed by atoms with Crippen LogP contribution >= 0.6 is 35.6 Å². The zero-order valence-corrected chi connectivity index (χ0v) is 34.2. The third kappa shape index (κ3) is 9.90. The number of primary amides is 1. The highest BCUT2D eigenvalue weighted by atomic mass is 35.5. The van der Waals surface area contributed by atoms with Crippen molar-refractivity contribution in [2.24, 2.45) is 5.73 Å². The second-order valence-electron chi connectivity index (χ2n) is 14.3. The number of carbonyl (C=O) groups excluding carboxylic acids is 2. The van der Waals surface area contributed by atoms with Gasteiger partial charge in [-0.1, -0.05) is 59.6 Å². The predicted octanol–water partition coefficient (Wildman–Crippen LogP) is 6.05. The van der Waals surface area contributed by atoms with Gasteiger partial charge >= 0.3 is 12.0 Å². The molecule has 3 aliphatic rings. The molecule has 3 amide bonds. The molecule has 15 heteroatoms. The number of ether oxygens (including phenoxy) is 3. The maximum Gasteiger partial charge on any atom is 0.314 e. The van der Waals surface area contributed by atoms with E-state index < -0.39 is 11.4 Å². The van der Waals surface area contributed by atoms with Crippen molar-refractivity contribution in [1.82, 2.24) is 19.6 Å². The van der Waals surface area contributed by atoms with Crippen molar-refractivity contribution >= 4 is 53.5 Å². The summed E-state index contributed by atoms with van der Waals surface area (Å²) in [5.41, 5.74) is 6.19. The van der Waals surface area contributed by atoms with Crippen LogP contribution in [0.1, 0.15) is 47.2 Å². The van der Waals surface area contributed by atoms with E-state index in [4.69, 9.17) is 43.1 Å². The summed E-state index contributed by atoms with van der Waals surface area (Å²) in [5.74, 6) is 0.371. The van der Waals surface area contributed by atoms with Gasteiger partial charge in [0.1, 0.15) is 0 Å². The third-order valence-electron chi connectivity index (χ3n) is 11.3. The highest BCUT2D eigenvalue weighted by Gasteiger charge is 2.45. The third-order valence-corrected chi connectivity index (χ3v) is 12.0. The first-order valence-electron chi connectivity index (χ1n) is 18.2. The molecule has 3 aromatic carbocycles. The number of benzene rings is 3. The number of likely N-dealkylation sites (tertiary alicyclic amines) is 2. The minimum absolute atomic E-state index is 0. The number of nitrogens with zero attached hydrogens (tertiary/aromatic N) is 4. The number of aliphatic carboxylic acids is 1. The maximum absolute atomic E-state index is 13.9. The summed E-state index contributed by atoms with van der Waals surface area (Å²) in [7, 11) is 6.62. The lowest BCUT2D eigenvalue weighted by Gasteiger charge is -2.40. The molecule has 55 heavy (non-hydrogen) atoms. The Morgan fingerprint density at radius 3 is 1.91 bits per heavy atom. The van der Waals surface area contributed by atoms with Gasteiger partial charge < -0.3 is 44.7 Å². The van der Waals surface area contributed by atoms with Crippen molar-refractivity contribution in [1.29, 1.82) is 0 Å². The van der Waals surface area contributed by atoms with Gasteiger partial charge in [0.15, 0.2) is 11.5 Å². The molecule has 300 valence electrons. The zero-order valence-electron chi connectivity index (χ0n) is 31.9. The van der Waals surface area contributed by atoms with Crippen molar-refractivity contribution in [3.05, 3.63) is 87.4 Å². The van der Waals surface area contributed by atoms with Crippen LogP contribution in [0.4, 0.5) is 4.79 Å². The molecule has 0 spiro atoms. The quantitative estimate of drug-likeness (QED) is 0.251. The SMILES string of the molecule is CN1CCN(C(N)=O)CC1.COc1cc(C(=O)N2CCC(CCN3CCC(C(=O)O)(c4ccccc4)CC3)(c3ccc(Cl)c(Cl)c3)C2)cc(OC)c1OC.Cl. The molecule has 3 fully saturated rings. The van der Waals surface area contributed by atoms with E-state index in [9.17, 15) is 19.5 Å². The topological polar surface area (TPSA) is 138 Å². The number of urea groups is 1.